The molecule has 0 aliphatic heterocycles. The van der Waals surface area contributed by atoms with Crippen LogP contribution in [0.4, 0.5) is 11.4 Å². The first-order valence-electron chi connectivity index (χ1n) is 8.39. The van der Waals surface area contributed by atoms with Crippen molar-refractivity contribution in [1.82, 2.24) is 9.97 Å². The van der Waals surface area contributed by atoms with Gasteiger partial charge in [0.1, 0.15) is 0 Å². The van der Waals surface area contributed by atoms with Gasteiger partial charge in [-0.2, -0.15) is 4.98 Å². The minimum absolute atomic E-state index is 0.0969. The lowest BCUT2D eigenvalue weighted by Gasteiger charge is -2.07. The van der Waals surface area contributed by atoms with Crippen molar-refractivity contribution in [3.63, 3.8) is 0 Å². The summed E-state index contributed by atoms with van der Waals surface area (Å²) in [5.41, 5.74) is 2.85. The van der Waals surface area contributed by atoms with E-state index >= 15 is 0 Å². The number of pyridine rings is 1. The molecule has 0 atom stereocenters. The lowest BCUT2D eigenvalue weighted by molar-refractivity contribution is -0.385. The fraction of sp³-hybridized carbons (Fsp3) is 0.0500. The van der Waals surface area contributed by atoms with Crippen molar-refractivity contribution in [2.45, 2.75) is 6.92 Å². The van der Waals surface area contributed by atoms with Crippen LogP contribution in [0.3, 0.4) is 0 Å². The van der Waals surface area contributed by atoms with Gasteiger partial charge in [0, 0.05) is 34.6 Å². The Morgan fingerprint density at radius 1 is 1.14 bits per heavy atom. The van der Waals surface area contributed by atoms with E-state index in [0.717, 1.165) is 0 Å². The smallest absolute Gasteiger partial charge is 0.273 e. The second-order valence-electron chi connectivity index (χ2n) is 6.14. The van der Waals surface area contributed by atoms with E-state index in [9.17, 15) is 14.9 Å². The number of oxazole rings is 1. The van der Waals surface area contributed by atoms with Crippen LogP contribution in [0.25, 0.3) is 22.7 Å². The number of nitrogens with zero attached hydrogens (tertiary/aromatic N) is 3. The maximum atomic E-state index is 12.5. The van der Waals surface area contributed by atoms with Gasteiger partial charge in [-0.25, -0.2) is 4.98 Å². The molecule has 4 aromatic rings. The van der Waals surface area contributed by atoms with E-state index in [1.807, 2.05) is 0 Å². The molecule has 0 aliphatic carbocycles. The average molecular weight is 374 g/mol. The number of anilines is 1. The van der Waals surface area contributed by atoms with Gasteiger partial charge < -0.3 is 9.73 Å². The summed E-state index contributed by atoms with van der Waals surface area (Å²) in [4.78, 5) is 31.6. The van der Waals surface area contributed by atoms with Crippen molar-refractivity contribution in [2.75, 3.05) is 5.32 Å². The molecule has 2 aromatic heterocycles. The summed E-state index contributed by atoms with van der Waals surface area (Å²) < 4.78 is 5.69. The summed E-state index contributed by atoms with van der Waals surface area (Å²) in [7, 11) is 0. The Balaban J connectivity index is 1.60. The molecule has 1 N–H and O–H groups in total. The number of benzene rings is 2. The molecule has 0 spiro atoms. The van der Waals surface area contributed by atoms with Crippen molar-refractivity contribution < 1.29 is 14.1 Å². The summed E-state index contributed by atoms with van der Waals surface area (Å²) in [5, 5.41) is 13.8. The van der Waals surface area contributed by atoms with Crippen LogP contribution in [0.2, 0.25) is 0 Å². The Bertz CT molecular complexity index is 1180. The van der Waals surface area contributed by atoms with Crippen LogP contribution in [0.15, 0.2) is 65.2 Å². The molecule has 0 fully saturated rings. The number of carbonyl (C=O) groups excluding carboxylic acids is 1. The second-order valence-corrected chi connectivity index (χ2v) is 6.14. The SMILES string of the molecule is Cc1ccc(C(=O)Nc2cccc(-c3nc4ncccc4o3)c2)cc1[N+](=O)[O-]. The number of nitrogens with one attached hydrogen (secondary N) is 1. The van der Waals surface area contributed by atoms with Crippen molar-refractivity contribution in [2.24, 2.45) is 0 Å². The first-order chi connectivity index (χ1) is 13.5. The van der Waals surface area contributed by atoms with E-state index in [0.29, 0.717) is 33.9 Å². The highest BCUT2D eigenvalue weighted by Crippen LogP contribution is 2.26. The number of hydrogen-bond donors (Lipinski definition) is 1. The van der Waals surface area contributed by atoms with Crippen LogP contribution in [0, 0.1) is 17.0 Å². The number of nitro groups is 1. The van der Waals surface area contributed by atoms with Crippen molar-refractivity contribution in [1.29, 1.82) is 0 Å². The summed E-state index contributed by atoms with van der Waals surface area (Å²) >= 11 is 0. The molecule has 0 bridgehead atoms. The predicted molar refractivity (Wildman–Crippen MR) is 103 cm³/mol. The number of fused-ring (bicyclic) bond motifs is 1. The van der Waals surface area contributed by atoms with Crippen LogP contribution in [0.1, 0.15) is 15.9 Å². The normalized spacial score (nSPS) is 10.8. The number of amides is 1. The number of rotatable bonds is 4. The molecule has 8 heteroatoms. The van der Waals surface area contributed by atoms with Crippen LogP contribution in [-0.2, 0) is 0 Å². The first kappa shape index (κ1) is 17.3. The number of aryl methyl sites for hydroxylation is 1. The van der Waals surface area contributed by atoms with Crippen molar-refractivity contribution >= 4 is 28.5 Å². The Labute approximate surface area is 159 Å². The standard InChI is InChI=1S/C20H14N4O4/c1-12-7-8-13(11-16(12)24(26)27)19(25)22-15-5-2-4-14(10-15)20-23-18-17(28-20)6-3-9-21-18/h2-11H,1H3,(H,22,25). The lowest BCUT2D eigenvalue weighted by atomic mass is 10.1. The molecule has 28 heavy (non-hydrogen) atoms. The maximum Gasteiger partial charge on any atom is 0.273 e. The van der Waals surface area contributed by atoms with Gasteiger partial charge in [-0.05, 0) is 43.3 Å². The van der Waals surface area contributed by atoms with Gasteiger partial charge >= 0.3 is 0 Å². The third kappa shape index (κ3) is 3.30. The van der Waals surface area contributed by atoms with Crippen LogP contribution in [-0.4, -0.2) is 20.8 Å². The molecule has 0 saturated heterocycles. The van der Waals surface area contributed by atoms with E-state index in [1.54, 1.807) is 61.7 Å². The maximum absolute atomic E-state index is 12.5. The fourth-order valence-electron chi connectivity index (χ4n) is 2.77. The monoisotopic (exact) mass is 374 g/mol. The topological polar surface area (TPSA) is 111 Å². The third-order valence-corrected chi connectivity index (χ3v) is 4.20. The van der Waals surface area contributed by atoms with Gasteiger partial charge in [0.05, 0.1) is 4.92 Å². The minimum Gasteiger partial charge on any atom is -0.434 e. The molecule has 2 heterocycles. The van der Waals surface area contributed by atoms with E-state index in [4.69, 9.17) is 4.42 Å². The van der Waals surface area contributed by atoms with Gasteiger partial charge in [0.2, 0.25) is 5.89 Å². The first-order valence-corrected chi connectivity index (χ1v) is 8.39. The fourth-order valence-corrected chi connectivity index (χ4v) is 2.77. The lowest BCUT2D eigenvalue weighted by Crippen LogP contribution is -2.12. The van der Waals surface area contributed by atoms with Crippen molar-refractivity contribution in [3.8, 4) is 11.5 Å². The van der Waals surface area contributed by atoms with Crippen LogP contribution < -0.4 is 5.32 Å². The van der Waals surface area contributed by atoms with E-state index in [2.05, 4.69) is 15.3 Å². The highest BCUT2D eigenvalue weighted by molar-refractivity contribution is 6.05. The Morgan fingerprint density at radius 2 is 2.00 bits per heavy atom. The molecular weight excluding hydrogens is 360 g/mol. The third-order valence-electron chi connectivity index (χ3n) is 4.20. The number of carbonyl (C=O) groups is 1. The van der Waals surface area contributed by atoms with E-state index in [1.165, 1.54) is 6.07 Å². The van der Waals surface area contributed by atoms with E-state index in [-0.39, 0.29) is 11.3 Å². The average Bonchev–Trinajstić information content (AvgIpc) is 3.12. The second kappa shape index (κ2) is 6.92. The molecule has 4 rings (SSSR count). The van der Waals surface area contributed by atoms with Gasteiger partial charge in [-0.15, -0.1) is 0 Å². The van der Waals surface area contributed by atoms with Gasteiger partial charge in [-0.1, -0.05) is 12.1 Å². The van der Waals surface area contributed by atoms with Gasteiger partial charge in [-0.3, -0.25) is 14.9 Å². The van der Waals surface area contributed by atoms with Crippen LogP contribution in [0.5, 0.6) is 0 Å². The molecule has 0 unspecified atom stereocenters. The predicted octanol–water partition coefficient (Wildman–Crippen LogP) is 4.36. The molecule has 2 aromatic carbocycles. The zero-order valence-electron chi connectivity index (χ0n) is 14.7. The highest BCUT2D eigenvalue weighted by atomic mass is 16.6. The highest BCUT2D eigenvalue weighted by Gasteiger charge is 2.16. The Kier molecular flexibility index (Phi) is 4.29. The summed E-state index contributed by atoms with van der Waals surface area (Å²) in [6.07, 6.45) is 1.63. The minimum atomic E-state index is -0.506. The number of hydrogen-bond acceptors (Lipinski definition) is 6. The molecule has 8 nitrogen and oxygen atoms in total. The largest absolute Gasteiger partial charge is 0.434 e. The Morgan fingerprint density at radius 3 is 2.79 bits per heavy atom. The summed E-state index contributed by atoms with van der Waals surface area (Å²) in [6.45, 7) is 1.62. The van der Waals surface area contributed by atoms with Crippen molar-refractivity contribution in [3.05, 3.63) is 82.0 Å². The molecular formula is C20H14N4O4. The number of aromatic nitrogens is 2. The van der Waals surface area contributed by atoms with Gasteiger partial charge in [0.25, 0.3) is 11.6 Å². The zero-order chi connectivity index (χ0) is 19.7. The quantitative estimate of drug-likeness (QED) is 0.420. The molecule has 138 valence electrons. The summed E-state index contributed by atoms with van der Waals surface area (Å²) in [5.74, 6) is -0.0599. The van der Waals surface area contributed by atoms with E-state index < -0.39 is 10.8 Å². The molecule has 0 saturated carbocycles. The number of nitro benzene ring substituents is 1. The summed E-state index contributed by atoms with van der Waals surface area (Å²) in [6, 6.07) is 14.9. The zero-order valence-corrected chi connectivity index (χ0v) is 14.7. The molecule has 0 aliphatic rings. The molecule has 0 radical (unpaired) electrons. The Hall–Kier alpha value is -4.07. The van der Waals surface area contributed by atoms with Gasteiger partial charge in [0.15, 0.2) is 11.2 Å². The molecule has 1 amide bonds. The van der Waals surface area contributed by atoms with Crippen LogP contribution >= 0.6 is 0 Å².